The van der Waals surface area contributed by atoms with Gasteiger partial charge in [-0.2, -0.15) is 0 Å². The average Bonchev–Trinajstić information content (AvgIpc) is 2.67. The molecule has 26 heavy (non-hydrogen) atoms. The number of fused-ring (bicyclic) bond motifs is 1. The highest BCUT2D eigenvalue weighted by Crippen LogP contribution is 2.30. The maximum atomic E-state index is 12.6. The molecule has 0 saturated heterocycles. The van der Waals surface area contributed by atoms with Crippen LogP contribution in [0.5, 0.6) is 0 Å². The van der Waals surface area contributed by atoms with Gasteiger partial charge in [-0.3, -0.25) is 15.6 Å². The number of pyridine rings is 1. The smallest absolute Gasteiger partial charge is 0.270 e. The topological polar surface area (TPSA) is 66.0 Å². The summed E-state index contributed by atoms with van der Waals surface area (Å²) in [5, 5.41) is 4.64. The normalized spacial score (nSPS) is 10.4. The van der Waals surface area contributed by atoms with Crippen molar-refractivity contribution in [2.24, 2.45) is 0 Å². The molecule has 132 valence electrons. The molecule has 0 radical (unpaired) electrons. The van der Waals surface area contributed by atoms with Crippen LogP contribution in [0.2, 0.25) is 10.0 Å². The molecular formula is C18H14Cl2N4OS. The van der Waals surface area contributed by atoms with Gasteiger partial charge in [0.15, 0.2) is 5.11 Å². The maximum absolute atomic E-state index is 12.6. The summed E-state index contributed by atoms with van der Waals surface area (Å²) in [5.41, 5.74) is 7.74. The van der Waals surface area contributed by atoms with E-state index in [0.717, 1.165) is 10.9 Å². The van der Waals surface area contributed by atoms with Gasteiger partial charge >= 0.3 is 0 Å². The van der Waals surface area contributed by atoms with Gasteiger partial charge in [0.1, 0.15) is 0 Å². The molecule has 0 bridgehead atoms. The largest absolute Gasteiger partial charge is 0.364 e. The number of nitrogens with one attached hydrogen (secondary N) is 3. The molecule has 0 spiro atoms. The monoisotopic (exact) mass is 404 g/mol. The number of halogens is 2. The Balaban J connectivity index is 2.07. The predicted molar refractivity (Wildman–Crippen MR) is 109 cm³/mol. The molecule has 3 rings (SSSR count). The molecule has 1 heterocycles. The van der Waals surface area contributed by atoms with Crippen molar-refractivity contribution in [1.82, 2.24) is 21.2 Å². The van der Waals surface area contributed by atoms with E-state index in [1.54, 1.807) is 31.3 Å². The van der Waals surface area contributed by atoms with Crippen LogP contribution < -0.4 is 16.2 Å². The highest BCUT2D eigenvalue weighted by Gasteiger charge is 2.14. The average molecular weight is 405 g/mol. The van der Waals surface area contributed by atoms with Crippen LogP contribution in [0.3, 0.4) is 0 Å². The summed E-state index contributed by atoms with van der Waals surface area (Å²) in [6.07, 6.45) is 0. The quantitative estimate of drug-likeness (QED) is 0.445. The van der Waals surface area contributed by atoms with Crippen LogP contribution in [-0.2, 0) is 0 Å². The molecule has 0 aliphatic carbocycles. The lowest BCUT2D eigenvalue weighted by molar-refractivity contribution is 0.0945. The SMILES string of the molecule is CNC(=S)NNC(=O)c1cc(-c2ccc(Cl)c(Cl)c2)nc2ccccc12. The zero-order valence-corrected chi connectivity index (χ0v) is 16.0. The maximum Gasteiger partial charge on any atom is 0.270 e. The number of carbonyl (C=O) groups excluding carboxylic acids is 1. The first-order chi connectivity index (χ1) is 12.5. The number of carbonyl (C=O) groups is 1. The lowest BCUT2D eigenvalue weighted by Gasteiger charge is -2.12. The van der Waals surface area contributed by atoms with Crippen LogP contribution in [0.15, 0.2) is 48.5 Å². The second-order valence-corrected chi connectivity index (χ2v) is 6.58. The van der Waals surface area contributed by atoms with Crippen LogP contribution in [0, 0.1) is 0 Å². The van der Waals surface area contributed by atoms with E-state index >= 15 is 0 Å². The fourth-order valence-electron chi connectivity index (χ4n) is 2.41. The fourth-order valence-corrected chi connectivity index (χ4v) is 2.76. The Kier molecular flexibility index (Phi) is 5.56. The van der Waals surface area contributed by atoms with Crippen LogP contribution in [0.25, 0.3) is 22.2 Å². The Labute approximate surface area is 165 Å². The minimum absolute atomic E-state index is 0.307. The Morgan fingerprint density at radius 2 is 1.81 bits per heavy atom. The summed E-state index contributed by atoms with van der Waals surface area (Å²) in [4.78, 5) is 17.3. The van der Waals surface area contributed by atoms with Gasteiger partial charge in [0.2, 0.25) is 0 Å². The third kappa shape index (κ3) is 3.88. The summed E-state index contributed by atoms with van der Waals surface area (Å²) >= 11 is 17.1. The summed E-state index contributed by atoms with van der Waals surface area (Å²) in [7, 11) is 1.66. The van der Waals surface area contributed by atoms with E-state index in [1.807, 2.05) is 24.3 Å². The van der Waals surface area contributed by atoms with Crippen LogP contribution in [0.4, 0.5) is 0 Å². The van der Waals surface area contributed by atoms with Crippen LogP contribution in [-0.4, -0.2) is 23.1 Å². The van der Waals surface area contributed by atoms with E-state index in [9.17, 15) is 4.79 Å². The van der Waals surface area contributed by atoms with Crippen molar-refractivity contribution >= 4 is 57.3 Å². The van der Waals surface area contributed by atoms with E-state index in [4.69, 9.17) is 35.4 Å². The van der Waals surface area contributed by atoms with Gasteiger partial charge in [0, 0.05) is 18.0 Å². The first-order valence-electron chi connectivity index (χ1n) is 7.63. The molecule has 0 aliphatic rings. The first kappa shape index (κ1) is 18.4. The number of hydrogen-bond donors (Lipinski definition) is 3. The zero-order chi connectivity index (χ0) is 18.7. The van der Waals surface area contributed by atoms with E-state index in [2.05, 4.69) is 21.2 Å². The van der Waals surface area contributed by atoms with Gasteiger partial charge in [-0.05, 0) is 36.5 Å². The van der Waals surface area contributed by atoms with Crippen molar-refractivity contribution in [3.8, 4) is 11.3 Å². The minimum atomic E-state index is -0.331. The van der Waals surface area contributed by atoms with Gasteiger partial charge < -0.3 is 5.32 Å². The summed E-state index contributed by atoms with van der Waals surface area (Å²) < 4.78 is 0. The molecule has 0 saturated carbocycles. The number of hydrazine groups is 1. The number of nitrogens with zero attached hydrogens (tertiary/aromatic N) is 1. The van der Waals surface area contributed by atoms with E-state index < -0.39 is 0 Å². The minimum Gasteiger partial charge on any atom is -0.364 e. The Morgan fingerprint density at radius 3 is 2.54 bits per heavy atom. The first-order valence-corrected chi connectivity index (χ1v) is 8.79. The second kappa shape index (κ2) is 7.86. The van der Waals surface area contributed by atoms with Crippen molar-refractivity contribution in [2.45, 2.75) is 0 Å². The van der Waals surface area contributed by atoms with Gasteiger partial charge in [-0.25, -0.2) is 4.98 Å². The Bertz CT molecular complexity index is 1010. The Hall–Kier alpha value is -2.41. The standard InChI is InChI=1S/C18H14Cl2N4OS/c1-21-18(26)24-23-17(25)12-9-16(10-6-7-13(19)14(20)8-10)22-15-5-3-2-4-11(12)15/h2-9H,1H3,(H,23,25)(H2,21,24,26). The molecule has 0 aliphatic heterocycles. The third-order valence-corrected chi connectivity index (χ3v) is 4.74. The summed E-state index contributed by atoms with van der Waals surface area (Å²) in [5.74, 6) is -0.331. The van der Waals surface area contributed by atoms with Crippen LogP contribution in [0.1, 0.15) is 10.4 Å². The Morgan fingerprint density at radius 1 is 1.04 bits per heavy atom. The molecule has 0 unspecified atom stereocenters. The number of rotatable bonds is 2. The van der Waals surface area contributed by atoms with Gasteiger partial charge in [-0.15, -0.1) is 0 Å². The number of amides is 1. The number of benzene rings is 2. The van der Waals surface area contributed by atoms with Gasteiger partial charge in [0.05, 0.1) is 26.8 Å². The predicted octanol–water partition coefficient (Wildman–Crippen LogP) is 3.95. The molecule has 5 nitrogen and oxygen atoms in total. The lowest BCUT2D eigenvalue weighted by Crippen LogP contribution is -2.45. The van der Waals surface area contributed by atoms with Crippen LogP contribution >= 0.6 is 35.4 Å². The molecule has 0 fully saturated rings. The molecule has 1 amide bonds. The van der Waals surface area contributed by atoms with E-state index in [-0.39, 0.29) is 5.91 Å². The molecule has 0 atom stereocenters. The fraction of sp³-hybridized carbons (Fsp3) is 0.0556. The highest BCUT2D eigenvalue weighted by molar-refractivity contribution is 7.80. The number of para-hydroxylation sites is 1. The van der Waals surface area contributed by atoms with E-state index in [0.29, 0.717) is 31.9 Å². The van der Waals surface area contributed by atoms with Crippen molar-refractivity contribution in [2.75, 3.05) is 7.05 Å². The van der Waals surface area contributed by atoms with E-state index in [1.165, 1.54) is 0 Å². The lowest BCUT2D eigenvalue weighted by atomic mass is 10.0. The molecular weight excluding hydrogens is 391 g/mol. The second-order valence-electron chi connectivity index (χ2n) is 5.36. The molecule has 8 heteroatoms. The van der Waals surface area contributed by atoms with Crippen molar-refractivity contribution in [3.05, 3.63) is 64.1 Å². The van der Waals surface area contributed by atoms with Gasteiger partial charge in [-0.1, -0.05) is 47.5 Å². The van der Waals surface area contributed by atoms with Crippen molar-refractivity contribution in [3.63, 3.8) is 0 Å². The highest BCUT2D eigenvalue weighted by atomic mass is 35.5. The summed E-state index contributed by atoms with van der Waals surface area (Å²) in [6.45, 7) is 0. The molecule has 3 aromatic rings. The summed E-state index contributed by atoms with van der Waals surface area (Å²) in [6, 6.07) is 14.3. The molecule has 3 N–H and O–H groups in total. The number of thiocarbonyl (C=S) groups is 1. The zero-order valence-electron chi connectivity index (χ0n) is 13.6. The van der Waals surface area contributed by atoms with Crippen molar-refractivity contribution in [1.29, 1.82) is 0 Å². The number of aromatic nitrogens is 1. The van der Waals surface area contributed by atoms with Crippen molar-refractivity contribution < 1.29 is 4.79 Å². The third-order valence-electron chi connectivity index (χ3n) is 3.69. The number of hydrogen-bond acceptors (Lipinski definition) is 3. The molecule has 2 aromatic carbocycles. The van der Waals surface area contributed by atoms with Gasteiger partial charge in [0.25, 0.3) is 5.91 Å². The molecule has 1 aromatic heterocycles.